The van der Waals surface area contributed by atoms with E-state index >= 15 is 0 Å². The largest absolute Gasteiger partial charge is 0.463 e. The Morgan fingerprint density at radius 3 is 2.12 bits per heavy atom. The van der Waals surface area contributed by atoms with Gasteiger partial charge >= 0.3 is 23.9 Å². The molecule has 1 aliphatic heterocycles. The first-order valence-corrected chi connectivity index (χ1v) is 9.50. The average molecular weight is 477 g/mol. The van der Waals surface area contributed by atoms with Crippen molar-refractivity contribution in [3.8, 4) is 5.75 Å². The number of hydrogen-bond donors (Lipinski definition) is 0. The van der Waals surface area contributed by atoms with Crippen LogP contribution in [0.3, 0.4) is 0 Å². The lowest BCUT2D eigenvalue weighted by atomic mass is 9.98. The summed E-state index contributed by atoms with van der Waals surface area (Å²) in [6, 6.07) is 4.74. The van der Waals surface area contributed by atoms with Gasteiger partial charge in [0.1, 0.15) is 18.5 Å². The van der Waals surface area contributed by atoms with Crippen LogP contribution >= 0.6 is 11.6 Å². The standard InChI is InChI=1S/C21H25ClO10/c1-10-6-7-16(15(22)8-10)31-21-20(30-14(5)26)19(29-13(4)25)18(28-12(3)24)17(32-21)9-27-11(2)23/h6-8,17-21H,9H2,1-5H3/t17-,18+,19+,20-,21?/m1/s1/i2D,3D,4D,5D. The van der Waals surface area contributed by atoms with Gasteiger partial charge in [0.05, 0.1) is 5.02 Å². The first-order chi connectivity index (χ1) is 17.1. The molecule has 0 bridgehead atoms. The fourth-order valence-electron chi connectivity index (χ4n) is 2.97. The summed E-state index contributed by atoms with van der Waals surface area (Å²) in [7, 11) is 0. The van der Waals surface area contributed by atoms with Crippen LogP contribution in [0, 0.1) is 6.92 Å². The van der Waals surface area contributed by atoms with Crippen LogP contribution in [0.4, 0.5) is 0 Å². The molecule has 1 saturated heterocycles. The molecule has 1 aromatic carbocycles. The third kappa shape index (κ3) is 7.10. The molecule has 2 rings (SSSR count). The van der Waals surface area contributed by atoms with Crippen LogP contribution in [0.5, 0.6) is 5.75 Å². The van der Waals surface area contributed by atoms with Gasteiger partial charge in [0.2, 0.25) is 12.4 Å². The Kier molecular flexibility index (Phi) is 6.90. The van der Waals surface area contributed by atoms with E-state index in [1.165, 1.54) is 6.07 Å². The van der Waals surface area contributed by atoms with E-state index in [0.29, 0.717) is 0 Å². The van der Waals surface area contributed by atoms with E-state index in [-0.39, 0.29) is 10.8 Å². The summed E-state index contributed by atoms with van der Waals surface area (Å²) >= 11 is 6.24. The maximum Gasteiger partial charge on any atom is 0.303 e. The third-order valence-electron chi connectivity index (χ3n) is 4.13. The minimum Gasteiger partial charge on any atom is -0.463 e. The summed E-state index contributed by atoms with van der Waals surface area (Å²) in [5.74, 6) is -4.09. The first-order valence-electron chi connectivity index (χ1n) is 12.0. The summed E-state index contributed by atoms with van der Waals surface area (Å²) in [6.45, 7) is -2.03. The molecule has 0 saturated carbocycles. The van der Waals surface area contributed by atoms with Gasteiger partial charge < -0.3 is 28.4 Å². The first kappa shape index (κ1) is 19.8. The van der Waals surface area contributed by atoms with Gasteiger partial charge in [-0.2, -0.15) is 0 Å². The van der Waals surface area contributed by atoms with Crippen molar-refractivity contribution in [2.24, 2.45) is 0 Å². The predicted octanol–water partition coefficient (Wildman–Crippen LogP) is 2.11. The van der Waals surface area contributed by atoms with Crippen LogP contribution in [0.2, 0.25) is 5.02 Å². The minimum atomic E-state index is -1.64. The number of benzene rings is 1. The monoisotopic (exact) mass is 476 g/mol. The van der Waals surface area contributed by atoms with E-state index in [1.807, 2.05) is 0 Å². The van der Waals surface area contributed by atoms with Crippen molar-refractivity contribution in [2.75, 3.05) is 6.61 Å². The summed E-state index contributed by atoms with van der Waals surface area (Å²) in [5.41, 5.74) is 0.805. The molecule has 10 nitrogen and oxygen atoms in total. The van der Waals surface area contributed by atoms with Crippen LogP contribution in [0.1, 0.15) is 38.6 Å². The zero-order valence-electron chi connectivity index (χ0n) is 21.1. The van der Waals surface area contributed by atoms with Crippen molar-refractivity contribution in [3.05, 3.63) is 28.8 Å². The van der Waals surface area contributed by atoms with Gasteiger partial charge in [-0.05, 0) is 24.6 Å². The highest BCUT2D eigenvalue weighted by atomic mass is 35.5. The van der Waals surface area contributed by atoms with Crippen molar-refractivity contribution in [3.63, 3.8) is 0 Å². The van der Waals surface area contributed by atoms with E-state index in [1.54, 1.807) is 19.1 Å². The minimum absolute atomic E-state index is 0.0771. The number of ether oxygens (including phenoxy) is 6. The van der Waals surface area contributed by atoms with Crippen LogP contribution in [-0.2, 0) is 42.9 Å². The van der Waals surface area contributed by atoms with E-state index < -0.39 is 88.8 Å². The van der Waals surface area contributed by atoms with E-state index in [2.05, 4.69) is 0 Å². The highest BCUT2D eigenvalue weighted by molar-refractivity contribution is 6.32. The summed E-state index contributed by atoms with van der Waals surface area (Å²) in [5, 5.41) is 0.156. The van der Waals surface area contributed by atoms with E-state index in [4.69, 9.17) is 45.5 Å². The maximum absolute atomic E-state index is 12.1. The van der Waals surface area contributed by atoms with Gasteiger partial charge in [0.25, 0.3) is 0 Å². The lowest BCUT2D eigenvalue weighted by molar-refractivity contribution is -0.288. The Morgan fingerprint density at radius 1 is 0.938 bits per heavy atom. The molecule has 0 N–H and O–H groups in total. The van der Waals surface area contributed by atoms with E-state index in [9.17, 15) is 19.2 Å². The second kappa shape index (κ2) is 11.1. The predicted molar refractivity (Wildman–Crippen MR) is 109 cm³/mol. The van der Waals surface area contributed by atoms with Crippen molar-refractivity contribution < 1.29 is 53.1 Å². The number of carbonyl (C=O) groups is 4. The molecule has 0 amide bonds. The molecule has 0 aliphatic carbocycles. The summed E-state index contributed by atoms with van der Waals surface area (Å²) in [4.78, 5) is 47.7. The third-order valence-corrected chi connectivity index (χ3v) is 4.43. The number of aryl methyl sites for hydroxylation is 1. The Balaban J connectivity index is 2.53. The van der Waals surface area contributed by atoms with Gasteiger partial charge in [-0.1, -0.05) is 17.7 Å². The molecule has 5 atom stereocenters. The van der Waals surface area contributed by atoms with Crippen molar-refractivity contribution in [2.45, 2.75) is 65.2 Å². The van der Waals surface area contributed by atoms with Gasteiger partial charge in [-0.15, -0.1) is 0 Å². The second-order valence-corrected chi connectivity index (χ2v) is 7.05. The molecule has 0 aromatic heterocycles. The molecule has 1 aromatic rings. The lowest BCUT2D eigenvalue weighted by Crippen LogP contribution is -2.63. The fraction of sp³-hybridized carbons (Fsp3) is 0.524. The molecule has 1 fully saturated rings. The van der Waals surface area contributed by atoms with Gasteiger partial charge in [-0.25, -0.2) is 0 Å². The molecule has 1 heterocycles. The van der Waals surface area contributed by atoms with Crippen LogP contribution in [0.15, 0.2) is 18.2 Å². The van der Waals surface area contributed by atoms with E-state index in [0.717, 1.165) is 5.56 Å². The van der Waals surface area contributed by atoms with Crippen LogP contribution in [-0.4, -0.2) is 61.2 Å². The Hall–Kier alpha value is -2.85. The SMILES string of the molecule is [2H]CC(=O)OC[C@H]1OC(Oc2ccc(C)cc2Cl)[C@H](OC(=O)C[2H])[C@@H](OC(=O)C[2H])[C@H]1OC(=O)C[2H]. The second-order valence-electron chi connectivity index (χ2n) is 6.64. The Labute approximate surface area is 195 Å². The number of halogens is 1. The quantitative estimate of drug-likeness (QED) is 0.426. The highest BCUT2D eigenvalue weighted by Crippen LogP contribution is 2.33. The van der Waals surface area contributed by atoms with Crippen LogP contribution < -0.4 is 4.74 Å². The number of carbonyl (C=O) groups excluding carboxylic acids is 4. The topological polar surface area (TPSA) is 124 Å². The Bertz CT molecular complexity index is 949. The molecule has 0 radical (unpaired) electrons. The molecular formula is C21H25ClO10. The summed E-state index contributed by atoms with van der Waals surface area (Å²) < 4.78 is 61.2. The molecule has 1 unspecified atom stereocenters. The van der Waals surface area contributed by atoms with Crippen molar-refractivity contribution >= 4 is 35.5 Å². The van der Waals surface area contributed by atoms with Gasteiger partial charge in [-0.3, -0.25) is 19.2 Å². The molecule has 1 aliphatic rings. The molecular weight excluding hydrogens is 448 g/mol. The molecule has 32 heavy (non-hydrogen) atoms. The zero-order valence-corrected chi connectivity index (χ0v) is 17.9. The van der Waals surface area contributed by atoms with Gasteiger partial charge in [0, 0.05) is 33.1 Å². The maximum atomic E-state index is 12.1. The Morgan fingerprint density at radius 2 is 1.53 bits per heavy atom. The van der Waals surface area contributed by atoms with Crippen molar-refractivity contribution in [1.29, 1.82) is 0 Å². The van der Waals surface area contributed by atoms with Crippen LogP contribution in [0.25, 0.3) is 0 Å². The fourth-order valence-corrected chi connectivity index (χ4v) is 3.25. The van der Waals surface area contributed by atoms with Crippen molar-refractivity contribution in [1.82, 2.24) is 0 Å². The average Bonchev–Trinajstić information content (AvgIpc) is 2.86. The molecule has 176 valence electrons. The molecule has 11 heteroatoms. The molecule has 0 spiro atoms. The number of esters is 4. The smallest absolute Gasteiger partial charge is 0.303 e. The lowest BCUT2D eigenvalue weighted by Gasteiger charge is -2.44. The highest BCUT2D eigenvalue weighted by Gasteiger charge is 2.53. The zero-order chi connectivity index (χ0) is 26.8. The number of hydrogen-bond acceptors (Lipinski definition) is 10. The normalized spacial score (nSPS) is 26.4. The number of rotatable bonds is 7. The summed E-state index contributed by atoms with van der Waals surface area (Å²) in [6.07, 6.45) is -7.79. The van der Waals surface area contributed by atoms with Gasteiger partial charge in [0.15, 0.2) is 12.2 Å².